The first kappa shape index (κ1) is 78.4. The molecule has 31 heteroatoms. The molecule has 14 N–H and O–H groups in total. The summed E-state index contributed by atoms with van der Waals surface area (Å²) >= 11 is 0. The van der Waals surface area contributed by atoms with E-state index < -0.39 is 153 Å². The van der Waals surface area contributed by atoms with Crippen molar-refractivity contribution in [3.05, 3.63) is 174 Å². The Morgan fingerprint density at radius 3 is 1.51 bits per heavy atom. The Hall–Kier alpha value is -11.3. The molecule has 6 aromatic rings. The van der Waals surface area contributed by atoms with Gasteiger partial charge in [-0.2, -0.15) is 0 Å². The summed E-state index contributed by atoms with van der Waals surface area (Å²) in [6.07, 6.45) is -0.581. The highest BCUT2D eigenvalue weighted by Gasteiger charge is 2.45. The monoisotopic (exact) mass is 1440 g/mol. The number of carbonyl (C=O) groups is 12. The fourth-order valence-corrected chi connectivity index (χ4v) is 12.3. The molecule has 104 heavy (non-hydrogen) atoms. The van der Waals surface area contributed by atoms with Crippen molar-refractivity contribution in [3.63, 3.8) is 0 Å². The smallest absolute Gasteiger partial charge is 0.407 e. The number of ether oxygens (including phenoxy) is 2. The highest BCUT2D eigenvalue weighted by atomic mass is 16.6. The molecule has 0 spiro atoms. The molecule has 554 valence electrons. The van der Waals surface area contributed by atoms with Crippen LogP contribution >= 0.6 is 0 Å². The van der Waals surface area contributed by atoms with Crippen LogP contribution in [0.15, 0.2) is 146 Å². The van der Waals surface area contributed by atoms with Gasteiger partial charge in [-0.15, -0.1) is 0 Å². The van der Waals surface area contributed by atoms with E-state index in [1.807, 2.05) is 54.6 Å². The van der Waals surface area contributed by atoms with Crippen LogP contribution in [-0.2, 0) is 89.8 Å². The minimum Gasteiger partial charge on any atom is -0.489 e. The lowest BCUT2D eigenvalue weighted by atomic mass is 9.99. The average molecular weight is 1440 g/mol. The Morgan fingerprint density at radius 2 is 0.942 bits per heavy atom. The van der Waals surface area contributed by atoms with E-state index in [1.54, 1.807) is 91.1 Å². The standard InChI is InChI=1S/C73H89N13O18/c74-27-13-12-22-56-67(96)79-57(35-49-23-25-52(26-24-49)103-46-50-18-8-3-9-19-50)69(98)82-60(36-48-16-6-2-7-17-48)72(101)86-40-53(104-73(102)76-29-28-75-62(87)41-84(43-64(90)91)32-30-83(42-63(88)89)31-33-85(44-65(92)93)45-66(94)95)38-61(86)71(100)81-58(34-47-14-4-1-5-15-47)68(97)80-59(70(99)78-56)37-51-39-77-55-21-11-10-20-54(51)55/h1-11,14-21,23-26,39,53,56-61,77H,12-13,22,27-38,40-46,74H2,(H,75,87)(H,76,102)(H,78,99)(H,79,96)(H,80,97)(H,81,100)(H,82,98)(H,88,89)(H,90,91)(H,92,93)(H,94,95)/t53-,56-,57-,58-,59+,60-,61-/m0/s1. The third-order valence-corrected chi connectivity index (χ3v) is 17.5. The molecular weight excluding hydrogens is 1350 g/mol. The molecule has 0 aliphatic carbocycles. The van der Waals surface area contributed by atoms with E-state index >= 15 is 28.8 Å². The number of aromatic nitrogens is 1. The van der Waals surface area contributed by atoms with Crippen LogP contribution in [0.25, 0.3) is 10.9 Å². The van der Waals surface area contributed by atoms with Gasteiger partial charge in [0.25, 0.3) is 0 Å². The topological polar surface area (TPSA) is 443 Å². The maximum atomic E-state index is 15.7. The molecule has 3 heterocycles. The summed E-state index contributed by atoms with van der Waals surface area (Å²) in [6.45, 7) is -4.01. The second-order valence-electron chi connectivity index (χ2n) is 25.5. The van der Waals surface area contributed by atoms with E-state index in [1.165, 1.54) is 9.80 Å². The molecule has 8 amide bonds. The number of alkyl carbamates (subject to hydrolysis) is 1. The third-order valence-electron chi connectivity index (χ3n) is 17.5. The number of unbranched alkanes of at least 4 members (excludes halogenated alkanes) is 1. The largest absolute Gasteiger partial charge is 0.489 e. The third kappa shape index (κ3) is 25.4. The van der Waals surface area contributed by atoms with Crippen LogP contribution in [-0.4, -0.2) is 244 Å². The predicted molar refractivity (Wildman–Crippen MR) is 377 cm³/mol. The van der Waals surface area contributed by atoms with E-state index in [-0.39, 0.29) is 90.9 Å². The number of nitrogens with one attached hydrogen (secondary N) is 8. The number of rotatable bonds is 35. The molecule has 1 aromatic heterocycles. The lowest BCUT2D eigenvalue weighted by molar-refractivity contribution is -0.143. The van der Waals surface area contributed by atoms with Gasteiger partial charge in [0.1, 0.15) is 54.7 Å². The Morgan fingerprint density at radius 1 is 0.490 bits per heavy atom. The number of para-hydroxylation sites is 1. The summed E-state index contributed by atoms with van der Waals surface area (Å²) in [6, 6.07) is 32.6. The molecule has 5 aromatic carbocycles. The van der Waals surface area contributed by atoms with Crippen molar-refractivity contribution in [2.24, 2.45) is 5.73 Å². The highest BCUT2D eigenvalue weighted by molar-refractivity contribution is 5.99. The van der Waals surface area contributed by atoms with Gasteiger partial charge in [0.05, 0.1) is 39.3 Å². The number of H-pyrrole nitrogens is 1. The van der Waals surface area contributed by atoms with Gasteiger partial charge in [-0.05, 0) is 71.8 Å². The van der Waals surface area contributed by atoms with E-state index in [0.717, 1.165) is 26.3 Å². The van der Waals surface area contributed by atoms with Gasteiger partial charge in [0, 0.05) is 88.5 Å². The highest BCUT2D eigenvalue weighted by Crippen LogP contribution is 2.25. The summed E-state index contributed by atoms with van der Waals surface area (Å²) in [5.41, 5.74) is 9.99. The van der Waals surface area contributed by atoms with Crippen LogP contribution in [0.2, 0.25) is 0 Å². The Kier molecular flexibility index (Phi) is 30.0. The second kappa shape index (κ2) is 39.8. The molecule has 2 aliphatic heterocycles. The first-order valence-electron chi connectivity index (χ1n) is 34.2. The molecule has 8 rings (SSSR count). The number of carboxylic acids is 4. The van der Waals surface area contributed by atoms with E-state index in [9.17, 15) is 49.2 Å². The number of benzene rings is 5. The van der Waals surface area contributed by atoms with Gasteiger partial charge in [0.15, 0.2) is 0 Å². The van der Waals surface area contributed by atoms with Gasteiger partial charge >= 0.3 is 30.0 Å². The molecular formula is C73H89N13O18. The fraction of sp³-hybridized carbons (Fsp3) is 0.397. The summed E-state index contributed by atoms with van der Waals surface area (Å²) in [5.74, 6) is -10.2. The normalized spacial score (nSPS) is 19.0. The van der Waals surface area contributed by atoms with E-state index in [2.05, 4.69) is 42.2 Å². The molecule has 0 saturated carbocycles. The van der Waals surface area contributed by atoms with Crippen molar-refractivity contribution in [2.45, 2.75) is 100 Å². The van der Waals surface area contributed by atoms with Crippen LogP contribution in [0, 0.1) is 0 Å². The zero-order valence-electron chi connectivity index (χ0n) is 57.3. The molecule has 7 atom stereocenters. The fourth-order valence-electron chi connectivity index (χ4n) is 12.3. The van der Waals surface area contributed by atoms with E-state index in [0.29, 0.717) is 40.8 Å². The van der Waals surface area contributed by atoms with E-state index in [4.69, 9.17) is 15.2 Å². The summed E-state index contributed by atoms with van der Waals surface area (Å²) < 4.78 is 11.9. The number of amides is 8. The van der Waals surface area contributed by atoms with Crippen molar-refractivity contribution in [1.82, 2.24) is 61.8 Å². The van der Waals surface area contributed by atoms with Gasteiger partial charge in [-0.25, -0.2) is 4.79 Å². The number of hydrogen-bond donors (Lipinski definition) is 13. The minimum absolute atomic E-state index is 0.0545. The first-order chi connectivity index (χ1) is 50.0. The zero-order valence-corrected chi connectivity index (χ0v) is 57.3. The Bertz CT molecular complexity index is 3890. The van der Waals surface area contributed by atoms with Crippen LogP contribution in [0.5, 0.6) is 5.75 Å². The van der Waals surface area contributed by atoms with Gasteiger partial charge in [-0.3, -0.25) is 67.4 Å². The molecule has 2 fully saturated rings. The van der Waals surface area contributed by atoms with Crippen LogP contribution < -0.4 is 47.7 Å². The Balaban J connectivity index is 1.06. The molecule has 2 saturated heterocycles. The van der Waals surface area contributed by atoms with Crippen molar-refractivity contribution in [2.75, 3.05) is 85.1 Å². The van der Waals surface area contributed by atoms with Crippen molar-refractivity contribution in [3.8, 4) is 5.75 Å². The van der Waals surface area contributed by atoms with Crippen LogP contribution in [0.1, 0.15) is 53.5 Å². The van der Waals surface area contributed by atoms with Crippen LogP contribution in [0.4, 0.5) is 4.79 Å². The lowest BCUT2D eigenvalue weighted by Crippen LogP contribution is -2.62. The number of nitrogens with two attached hydrogens (primary N) is 1. The number of nitrogens with zero attached hydrogens (tertiary/aromatic N) is 4. The number of aliphatic carboxylic acids is 4. The average Bonchev–Trinajstić information content (AvgIpc) is 1.81. The maximum Gasteiger partial charge on any atom is 0.407 e. The summed E-state index contributed by atoms with van der Waals surface area (Å²) in [4.78, 5) is 173. The molecule has 2 aliphatic rings. The van der Waals surface area contributed by atoms with Crippen molar-refractivity contribution < 1.29 is 87.4 Å². The number of carbonyl (C=O) groups excluding carboxylic acids is 8. The maximum absolute atomic E-state index is 15.7. The lowest BCUT2D eigenvalue weighted by Gasteiger charge is -2.32. The quantitative estimate of drug-likeness (QED) is 0.0243. The van der Waals surface area contributed by atoms with Gasteiger partial charge in [-0.1, -0.05) is 121 Å². The molecule has 0 radical (unpaired) electrons. The SMILES string of the molecule is NCCCC[C@@H]1NC(=O)[C@@H](Cc2c[nH]c3ccccc23)NC(=O)[C@H](Cc2ccccc2)NC(=O)[C@@H]2C[C@H](OC(=O)NCCNC(=O)CN(CCN(CCN(CC(=O)O)CC(=O)O)CC(=O)O)CC(=O)O)CN2C(=O)[C@H](Cc2ccccc2)NC(=O)[C@H](Cc2ccc(OCc3ccccc3)cc2)NC1=O. The zero-order chi connectivity index (χ0) is 74.5. The Labute approximate surface area is 599 Å². The molecule has 0 unspecified atom stereocenters. The second-order valence-corrected chi connectivity index (χ2v) is 25.5. The number of fused-ring (bicyclic) bond motifs is 2. The summed E-state index contributed by atoms with van der Waals surface area (Å²) in [7, 11) is 0. The van der Waals surface area contributed by atoms with Gasteiger partial charge < -0.3 is 82.7 Å². The first-order valence-corrected chi connectivity index (χ1v) is 34.2. The molecule has 0 bridgehead atoms. The molecule has 31 nitrogen and oxygen atoms in total. The minimum atomic E-state index is -1.49. The predicted octanol–water partition coefficient (Wildman–Crippen LogP) is 0.640. The number of hydrogen-bond acceptors (Lipinski definition) is 18. The van der Waals surface area contributed by atoms with Gasteiger partial charge in [0.2, 0.25) is 41.4 Å². The summed E-state index contributed by atoms with van der Waals surface area (Å²) in [5, 5.41) is 58.0. The van der Waals surface area contributed by atoms with Crippen LogP contribution in [0.3, 0.4) is 0 Å². The van der Waals surface area contributed by atoms with Crippen molar-refractivity contribution in [1.29, 1.82) is 0 Å². The number of carboxylic acid groups (broad SMARTS) is 4. The number of aromatic amines is 1. The van der Waals surface area contributed by atoms with Crippen molar-refractivity contribution >= 4 is 82.2 Å².